The average molecular weight is 284 g/mol. The fourth-order valence-corrected chi connectivity index (χ4v) is 2.33. The molecular weight excluding hydrogens is 270 g/mol. The third-order valence-corrected chi connectivity index (χ3v) is 3.33. The van der Waals surface area contributed by atoms with Crippen molar-refractivity contribution in [3.05, 3.63) is 53.6 Å². The van der Waals surface area contributed by atoms with Crippen LogP contribution in [-0.2, 0) is 0 Å². The lowest BCUT2D eigenvalue weighted by molar-refractivity contribution is 0.776. The largest absolute Gasteiger partial charge is 0.256 e. The minimum Gasteiger partial charge on any atom is -0.256 e. The molecule has 0 bridgehead atoms. The topological polar surface area (TPSA) is 38.7 Å². The van der Waals surface area contributed by atoms with Crippen molar-refractivity contribution in [2.45, 2.75) is 19.8 Å². The Bertz CT molecular complexity index is 763. The normalized spacial score (nSPS) is 11.2. The van der Waals surface area contributed by atoms with E-state index in [9.17, 15) is 0 Å². The first kappa shape index (κ1) is 13.0. The third kappa shape index (κ3) is 2.37. The second kappa shape index (κ2) is 5.17. The number of benzene rings is 1. The van der Waals surface area contributed by atoms with Crippen LogP contribution in [0.1, 0.15) is 25.6 Å². The summed E-state index contributed by atoms with van der Waals surface area (Å²) in [5.41, 5.74) is 2.73. The quantitative estimate of drug-likeness (QED) is 0.651. The second-order valence-corrected chi connectivity index (χ2v) is 5.36. The van der Waals surface area contributed by atoms with E-state index in [1.54, 1.807) is 12.3 Å². The summed E-state index contributed by atoms with van der Waals surface area (Å²) < 4.78 is 0. The van der Waals surface area contributed by atoms with E-state index in [1.807, 2.05) is 30.3 Å². The van der Waals surface area contributed by atoms with Crippen LogP contribution < -0.4 is 0 Å². The van der Waals surface area contributed by atoms with Gasteiger partial charge in [0.15, 0.2) is 0 Å². The van der Waals surface area contributed by atoms with Crippen molar-refractivity contribution in [1.82, 2.24) is 15.0 Å². The van der Waals surface area contributed by atoms with Crippen molar-refractivity contribution in [2.75, 3.05) is 0 Å². The Labute approximate surface area is 122 Å². The molecule has 2 heterocycles. The van der Waals surface area contributed by atoms with E-state index in [-0.39, 0.29) is 5.92 Å². The first-order chi connectivity index (χ1) is 9.65. The van der Waals surface area contributed by atoms with Crippen LogP contribution in [0.5, 0.6) is 0 Å². The Morgan fingerprint density at radius 3 is 2.65 bits per heavy atom. The van der Waals surface area contributed by atoms with Crippen molar-refractivity contribution in [2.24, 2.45) is 0 Å². The molecule has 1 aromatic carbocycles. The fraction of sp³-hybridized carbons (Fsp3) is 0.188. The van der Waals surface area contributed by atoms with E-state index in [4.69, 9.17) is 11.6 Å². The average Bonchev–Trinajstić information content (AvgIpc) is 2.46. The number of hydrogen-bond acceptors (Lipinski definition) is 3. The lowest BCUT2D eigenvalue weighted by atomic mass is 10.1. The van der Waals surface area contributed by atoms with Gasteiger partial charge in [-0.1, -0.05) is 49.7 Å². The molecule has 0 aliphatic carbocycles. The Morgan fingerprint density at radius 2 is 1.85 bits per heavy atom. The third-order valence-electron chi connectivity index (χ3n) is 3.14. The molecule has 0 saturated heterocycles. The summed E-state index contributed by atoms with van der Waals surface area (Å²) in [6.45, 7) is 4.10. The molecule has 100 valence electrons. The number of pyridine rings is 1. The summed E-state index contributed by atoms with van der Waals surface area (Å²) in [4.78, 5) is 13.3. The van der Waals surface area contributed by atoms with Crippen LogP contribution in [0, 0.1) is 0 Å². The van der Waals surface area contributed by atoms with Crippen molar-refractivity contribution in [1.29, 1.82) is 0 Å². The minimum absolute atomic E-state index is 0.232. The summed E-state index contributed by atoms with van der Waals surface area (Å²) in [5.74, 6) is 0.982. The SMILES string of the molecule is CC(C)c1nc(Cl)cc(-c2cccc3cccnc23)n1. The predicted octanol–water partition coefficient (Wildman–Crippen LogP) is 4.47. The highest BCUT2D eigenvalue weighted by molar-refractivity contribution is 6.29. The highest BCUT2D eigenvalue weighted by Gasteiger charge is 2.11. The first-order valence-corrected chi connectivity index (χ1v) is 6.91. The molecule has 3 nitrogen and oxygen atoms in total. The van der Waals surface area contributed by atoms with Crippen molar-refractivity contribution < 1.29 is 0 Å². The van der Waals surface area contributed by atoms with Gasteiger partial charge in [0, 0.05) is 29.1 Å². The van der Waals surface area contributed by atoms with Gasteiger partial charge in [0.05, 0.1) is 11.2 Å². The molecule has 0 amide bonds. The van der Waals surface area contributed by atoms with E-state index >= 15 is 0 Å². The van der Waals surface area contributed by atoms with Crippen LogP contribution in [0.25, 0.3) is 22.2 Å². The van der Waals surface area contributed by atoms with E-state index < -0.39 is 0 Å². The first-order valence-electron chi connectivity index (χ1n) is 6.54. The van der Waals surface area contributed by atoms with Crippen LogP contribution in [0.2, 0.25) is 5.15 Å². The number of rotatable bonds is 2. The second-order valence-electron chi connectivity index (χ2n) is 4.97. The van der Waals surface area contributed by atoms with Crippen molar-refractivity contribution >= 4 is 22.5 Å². The molecular formula is C16H14ClN3. The number of hydrogen-bond donors (Lipinski definition) is 0. The van der Waals surface area contributed by atoms with Crippen LogP contribution in [0.4, 0.5) is 0 Å². The summed E-state index contributed by atoms with van der Waals surface area (Å²) in [7, 11) is 0. The maximum atomic E-state index is 6.12. The Morgan fingerprint density at radius 1 is 1.05 bits per heavy atom. The van der Waals surface area contributed by atoms with E-state index in [2.05, 4.69) is 28.8 Å². The van der Waals surface area contributed by atoms with E-state index in [1.165, 1.54) is 0 Å². The van der Waals surface area contributed by atoms with E-state index in [0.717, 1.165) is 28.0 Å². The van der Waals surface area contributed by atoms with Gasteiger partial charge in [0.2, 0.25) is 0 Å². The maximum Gasteiger partial charge on any atom is 0.133 e. The van der Waals surface area contributed by atoms with Crippen LogP contribution in [0.3, 0.4) is 0 Å². The number of para-hydroxylation sites is 1. The number of fused-ring (bicyclic) bond motifs is 1. The molecule has 0 fully saturated rings. The van der Waals surface area contributed by atoms with Crippen LogP contribution in [-0.4, -0.2) is 15.0 Å². The summed E-state index contributed by atoms with van der Waals surface area (Å²) in [6, 6.07) is 11.8. The Hall–Kier alpha value is -2.00. The molecule has 3 aromatic rings. The van der Waals surface area contributed by atoms with Crippen LogP contribution in [0.15, 0.2) is 42.6 Å². The summed E-state index contributed by atoms with van der Waals surface area (Å²) in [5, 5.41) is 1.55. The predicted molar refractivity (Wildman–Crippen MR) is 81.9 cm³/mol. The van der Waals surface area contributed by atoms with E-state index in [0.29, 0.717) is 5.15 Å². The van der Waals surface area contributed by atoms with Gasteiger partial charge in [-0.25, -0.2) is 9.97 Å². The molecule has 2 aromatic heterocycles. The highest BCUT2D eigenvalue weighted by Crippen LogP contribution is 2.27. The zero-order chi connectivity index (χ0) is 14.1. The molecule has 0 unspecified atom stereocenters. The maximum absolute atomic E-state index is 6.12. The van der Waals surface area contributed by atoms with Gasteiger partial charge in [-0.3, -0.25) is 4.98 Å². The molecule has 4 heteroatoms. The van der Waals surface area contributed by atoms with Gasteiger partial charge in [-0.15, -0.1) is 0 Å². The smallest absolute Gasteiger partial charge is 0.133 e. The lowest BCUT2D eigenvalue weighted by Gasteiger charge is -2.09. The minimum atomic E-state index is 0.232. The number of halogens is 1. The van der Waals surface area contributed by atoms with Gasteiger partial charge in [-0.05, 0) is 6.07 Å². The van der Waals surface area contributed by atoms with Gasteiger partial charge in [-0.2, -0.15) is 0 Å². The summed E-state index contributed by atoms with van der Waals surface area (Å²) >= 11 is 6.12. The molecule has 0 aliphatic heterocycles. The molecule has 3 rings (SSSR count). The Kier molecular flexibility index (Phi) is 3.36. The number of nitrogens with zero attached hydrogens (tertiary/aromatic N) is 3. The molecule has 0 spiro atoms. The van der Waals surface area contributed by atoms with Gasteiger partial charge in [0.1, 0.15) is 11.0 Å². The summed E-state index contributed by atoms with van der Waals surface area (Å²) in [6.07, 6.45) is 1.79. The van der Waals surface area contributed by atoms with Crippen LogP contribution >= 0.6 is 11.6 Å². The zero-order valence-electron chi connectivity index (χ0n) is 11.3. The molecule has 0 saturated carbocycles. The highest BCUT2D eigenvalue weighted by atomic mass is 35.5. The molecule has 0 aliphatic rings. The van der Waals surface area contributed by atoms with Crippen molar-refractivity contribution in [3.63, 3.8) is 0 Å². The standard InChI is InChI=1S/C16H14ClN3/c1-10(2)16-19-13(9-14(17)20-16)12-7-3-5-11-6-4-8-18-15(11)12/h3-10H,1-2H3. The lowest BCUT2D eigenvalue weighted by Crippen LogP contribution is -1.99. The van der Waals surface area contributed by atoms with Gasteiger partial charge in [0.25, 0.3) is 0 Å². The monoisotopic (exact) mass is 283 g/mol. The van der Waals surface area contributed by atoms with Gasteiger partial charge < -0.3 is 0 Å². The molecule has 0 atom stereocenters. The van der Waals surface area contributed by atoms with Crippen molar-refractivity contribution in [3.8, 4) is 11.3 Å². The fourth-order valence-electron chi connectivity index (χ4n) is 2.14. The molecule has 20 heavy (non-hydrogen) atoms. The number of aromatic nitrogens is 3. The molecule has 0 N–H and O–H groups in total. The Balaban J connectivity index is 2.25. The molecule has 0 radical (unpaired) electrons. The van der Waals surface area contributed by atoms with Gasteiger partial charge >= 0.3 is 0 Å². The zero-order valence-corrected chi connectivity index (χ0v) is 12.1.